The van der Waals surface area contributed by atoms with Gasteiger partial charge in [-0.2, -0.15) is 0 Å². The summed E-state index contributed by atoms with van der Waals surface area (Å²) in [6.45, 7) is 1.84. The summed E-state index contributed by atoms with van der Waals surface area (Å²) in [5, 5.41) is 0. The van der Waals surface area contributed by atoms with Gasteiger partial charge >= 0.3 is 0 Å². The molecule has 0 aromatic rings. The van der Waals surface area contributed by atoms with Crippen molar-refractivity contribution in [2.45, 2.75) is 88.8 Å². The largest absolute Gasteiger partial charge is 0.380 e. The summed E-state index contributed by atoms with van der Waals surface area (Å²) in [6, 6.07) is 1.67. The normalized spacial score (nSPS) is 24.1. The van der Waals surface area contributed by atoms with Crippen molar-refractivity contribution in [1.82, 2.24) is 4.90 Å². The van der Waals surface area contributed by atoms with Gasteiger partial charge < -0.3 is 10.5 Å². The van der Waals surface area contributed by atoms with Crippen molar-refractivity contribution >= 4 is 0 Å². The van der Waals surface area contributed by atoms with Gasteiger partial charge in [0.2, 0.25) is 0 Å². The van der Waals surface area contributed by atoms with Crippen LogP contribution in [0.3, 0.4) is 0 Å². The standard InChI is InChI=1S/C17H34N2O/c1-20-17(14-18)12-13-19(15-8-4-2-5-9-15)16-10-6-3-7-11-16/h15-17H,2-14,18H2,1H3. The molecule has 1 atom stereocenters. The highest BCUT2D eigenvalue weighted by Crippen LogP contribution is 2.30. The van der Waals surface area contributed by atoms with Gasteiger partial charge in [0.1, 0.15) is 0 Å². The Morgan fingerprint density at radius 3 is 1.85 bits per heavy atom. The topological polar surface area (TPSA) is 38.5 Å². The van der Waals surface area contributed by atoms with E-state index in [1.807, 2.05) is 0 Å². The minimum Gasteiger partial charge on any atom is -0.380 e. The Hall–Kier alpha value is -0.120. The molecule has 0 aromatic heterocycles. The van der Waals surface area contributed by atoms with Crippen molar-refractivity contribution in [1.29, 1.82) is 0 Å². The van der Waals surface area contributed by atoms with Crippen LogP contribution >= 0.6 is 0 Å². The van der Waals surface area contributed by atoms with Crippen LogP contribution in [0.1, 0.15) is 70.6 Å². The van der Waals surface area contributed by atoms with Crippen LogP contribution in [0.15, 0.2) is 0 Å². The number of rotatable bonds is 7. The van der Waals surface area contributed by atoms with Crippen LogP contribution < -0.4 is 5.73 Å². The monoisotopic (exact) mass is 282 g/mol. The minimum atomic E-state index is 0.240. The average molecular weight is 282 g/mol. The Morgan fingerprint density at radius 1 is 0.950 bits per heavy atom. The van der Waals surface area contributed by atoms with E-state index in [9.17, 15) is 0 Å². The van der Waals surface area contributed by atoms with Gasteiger partial charge in [0.15, 0.2) is 0 Å². The number of ether oxygens (including phenoxy) is 1. The number of hydrogen-bond acceptors (Lipinski definition) is 3. The lowest BCUT2D eigenvalue weighted by Crippen LogP contribution is -2.46. The fraction of sp³-hybridized carbons (Fsp3) is 1.00. The maximum atomic E-state index is 5.78. The van der Waals surface area contributed by atoms with E-state index in [1.54, 1.807) is 7.11 Å². The molecule has 2 aliphatic carbocycles. The predicted octanol–water partition coefficient (Wildman–Crippen LogP) is 3.32. The molecular weight excluding hydrogens is 248 g/mol. The molecule has 0 spiro atoms. The molecule has 0 saturated heterocycles. The maximum Gasteiger partial charge on any atom is 0.0705 e. The lowest BCUT2D eigenvalue weighted by molar-refractivity contribution is 0.0459. The van der Waals surface area contributed by atoms with Crippen molar-refractivity contribution < 1.29 is 4.74 Å². The van der Waals surface area contributed by atoms with Crippen LogP contribution in [-0.2, 0) is 4.74 Å². The Morgan fingerprint density at radius 2 is 1.45 bits per heavy atom. The summed E-state index contributed by atoms with van der Waals surface area (Å²) in [5.41, 5.74) is 5.78. The van der Waals surface area contributed by atoms with Crippen LogP contribution in [0.4, 0.5) is 0 Å². The molecule has 0 aromatic carbocycles. The van der Waals surface area contributed by atoms with Crippen LogP contribution in [-0.4, -0.2) is 43.3 Å². The van der Waals surface area contributed by atoms with Gasteiger partial charge in [0, 0.05) is 32.3 Å². The molecule has 0 aliphatic heterocycles. The van der Waals surface area contributed by atoms with Gasteiger partial charge in [-0.3, -0.25) is 4.90 Å². The van der Waals surface area contributed by atoms with Crippen molar-refractivity contribution in [3.8, 4) is 0 Å². The molecule has 3 nitrogen and oxygen atoms in total. The first kappa shape index (κ1) is 16.3. The summed E-state index contributed by atoms with van der Waals surface area (Å²) >= 11 is 0. The van der Waals surface area contributed by atoms with Gasteiger partial charge in [0.25, 0.3) is 0 Å². The molecule has 0 radical (unpaired) electrons. The van der Waals surface area contributed by atoms with Gasteiger partial charge in [-0.1, -0.05) is 38.5 Å². The quantitative estimate of drug-likeness (QED) is 0.778. The first-order chi connectivity index (χ1) is 9.85. The second-order valence-electron chi connectivity index (χ2n) is 6.70. The van der Waals surface area contributed by atoms with E-state index in [2.05, 4.69) is 4.90 Å². The van der Waals surface area contributed by atoms with Crippen LogP contribution in [0.25, 0.3) is 0 Å². The lowest BCUT2D eigenvalue weighted by atomic mass is 9.88. The van der Waals surface area contributed by atoms with Crippen LogP contribution in [0, 0.1) is 0 Å². The van der Waals surface area contributed by atoms with Crippen molar-refractivity contribution in [3.05, 3.63) is 0 Å². The summed E-state index contributed by atoms with van der Waals surface area (Å²) in [7, 11) is 1.79. The molecule has 3 heteroatoms. The Labute approximate surface area is 125 Å². The fourth-order valence-electron chi connectivity index (χ4n) is 4.11. The maximum absolute atomic E-state index is 5.78. The van der Waals surface area contributed by atoms with Gasteiger partial charge in [-0.15, -0.1) is 0 Å². The first-order valence-corrected chi connectivity index (χ1v) is 8.83. The summed E-state index contributed by atoms with van der Waals surface area (Å²) in [6.07, 6.45) is 15.6. The molecule has 2 fully saturated rings. The van der Waals surface area contributed by atoms with Crippen LogP contribution in [0.5, 0.6) is 0 Å². The Balaban J connectivity index is 1.91. The van der Waals surface area contributed by atoms with E-state index >= 15 is 0 Å². The molecule has 118 valence electrons. The van der Waals surface area contributed by atoms with E-state index in [4.69, 9.17) is 10.5 Å². The first-order valence-electron chi connectivity index (χ1n) is 8.83. The molecule has 1 unspecified atom stereocenters. The zero-order valence-electron chi connectivity index (χ0n) is 13.4. The summed E-state index contributed by atoms with van der Waals surface area (Å²) < 4.78 is 5.47. The molecule has 2 N–H and O–H groups in total. The van der Waals surface area contributed by atoms with Crippen molar-refractivity contribution in [2.75, 3.05) is 20.2 Å². The minimum absolute atomic E-state index is 0.240. The highest BCUT2D eigenvalue weighted by atomic mass is 16.5. The Bertz CT molecular complexity index is 225. The molecule has 2 saturated carbocycles. The highest BCUT2D eigenvalue weighted by Gasteiger charge is 2.28. The molecule has 0 amide bonds. The second kappa shape index (κ2) is 9.01. The third-order valence-electron chi connectivity index (χ3n) is 5.39. The number of nitrogens with zero attached hydrogens (tertiary/aromatic N) is 1. The van der Waals surface area contributed by atoms with E-state index < -0.39 is 0 Å². The fourth-order valence-corrected chi connectivity index (χ4v) is 4.11. The lowest BCUT2D eigenvalue weighted by Gasteiger charge is -2.42. The third kappa shape index (κ3) is 4.71. The zero-order chi connectivity index (χ0) is 14.2. The molecule has 2 rings (SSSR count). The van der Waals surface area contributed by atoms with Crippen molar-refractivity contribution in [2.24, 2.45) is 5.73 Å². The Kier molecular flexibility index (Phi) is 7.32. The van der Waals surface area contributed by atoms with Gasteiger partial charge in [-0.25, -0.2) is 0 Å². The second-order valence-corrected chi connectivity index (χ2v) is 6.70. The van der Waals surface area contributed by atoms with E-state index in [0.717, 1.165) is 18.5 Å². The van der Waals surface area contributed by atoms with E-state index in [1.165, 1.54) is 70.8 Å². The predicted molar refractivity (Wildman–Crippen MR) is 84.9 cm³/mol. The van der Waals surface area contributed by atoms with Gasteiger partial charge in [-0.05, 0) is 32.1 Å². The number of methoxy groups -OCH3 is 1. The summed E-state index contributed by atoms with van der Waals surface area (Å²) in [4.78, 5) is 2.85. The molecule has 2 aliphatic rings. The smallest absolute Gasteiger partial charge is 0.0705 e. The van der Waals surface area contributed by atoms with Gasteiger partial charge in [0.05, 0.1) is 6.10 Å². The molecule has 20 heavy (non-hydrogen) atoms. The summed E-state index contributed by atoms with van der Waals surface area (Å²) in [5.74, 6) is 0. The molecule has 0 bridgehead atoms. The molecular formula is C17H34N2O. The van der Waals surface area contributed by atoms with Crippen LogP contribution in [0.2, 0.25) is 0 Å². The average Bonchev–Trinajstić information content (AvgIpc) is 2.53. The number of hydrogen-bond donors (Lipinski definition) is 1. The zero-order valence-corrected chi connectivity index (χ0v) is 13.4. The highest BCUT2D eigenvalue weighted by molar-refractivity contribution is 4.84. The third-order valence-corrected chi connectivity index (χ3v) is 5.39. The SMILES string of the molecule is COC(CN)CCN(C1CCCCC1)C1CCCCC1. The van der Waals surface area contributed by atoms with E-state index in [0.29, 0.717) is 6.54 Å². The van der Waals surface area contributed by atoms with E-state index in [-0.39, 0.29) is 6.10 Å². The van der Waals surface area contributed by atoms with Crippen molar-refractivity contribution in [3.63, 3.8) is 0 Å². The number of nitrogens with two attached hydrogens (primary N) is 1. The molecule has 0 heterocycles.